The molecule has 2 heterocycles. The lowest BCUT2D eigenvalue weighted by atomic mass is 9.95. The van der Waals surface area contributed by atoms with Crippen LogP contribution in [-0.4, -0.2) is 30.6 Å². The highest BCUT2D eigenvalue weighted by atomic mass is 35.5. The largest absolute Gasteiger partial charge is 0.492 e. The van der Waals surface area contributed by atoms with Crippen LogP contribution in [0.2, 0.25) is 5.02 Å². The van der Waals surface area contributed by atoms with Crippen molar-refractivity contribution >= 4 is 11.6 Å². The summed E-state index contributed by atoms with van der Waals surface area (Å²) >= 11 is 6.37. The SMILES string of the molecule is Clc1cc(-c2nc3c(o2)CCC2(C3)OCCO2)ccc1OCC1CC1. The van der Waals surface area contributed by atoms with Crippen LogP contribution in [0.15, 0.2) is 22.6 Å². The molecule has 0 unspecified atom stereocenters. The number of hydrogen-bond acceptors (Lipinski definition) is 5. The fraction of sp³-hybridized carbons (Fsp3) is 0.526. The van der Waals surface area contributed by atoms with E-state index in [0.717, 1.165) is 42.2 Å². The molecule has 2 aliphatic carbocycles. The second kappa shape index (κ2) is 6.01. The summed E-state index contributed by atoms with van der Waals surface area (Å²) in [6.45, 7) is 2.05. The first-order valence-corrected chi connectivity index (χ1v) is 9.28. The maximum Gasteiger partial charge on any atom is 0.226 e. The Morgan fingerprint density at radius 3 is 2.84 bits per heavy atom. The Kier molecular flexibility index (Phi) is 3.77. The summed E-state index contributed by atoms with van der Waals surface area (Å²) in [5.74, 6) is 2.43. The molecule has 1 aliphatic heterocycles. The Morgan fingerprint density at radius 2 is 2.08 bits per heavy atom. The molecule has 1 saturated carbocycles. The van der Waals surface area contributed by atoms with E-state index in [-0.39, 0.29) is 0 Å². The van der Waals surface area contributed by atoms with Gasteiger partial charge in [0.05, 0.1) is 30.5 Å². The number of halogens is 1. The zero-order valence-electron chi connectivity index (χ0n) is 13.9. The minimum Gasteiger partial charge on any atom is -0.492 e. The van der Waals surface area contributed by atoms with E-state index in [4.69, 9.17) is 30.2 Å². The lowest BCUT2D eigenvalue weighted by molar-refractivity contribution is -0.165. The smallest absolute Gasteiger partial charge is 0.226 e. The van der Waals surface area contributed by atoms with Gasteiger partial charge in [-0.1, -0.05) is 11.6 Å². The molecule has 0 radical (unpaired) electrons. The minimum atomic E-state index is -0.501. The Balaban J connectivity index is 1.37. The Bertz CT molecular complexity index is 793. The molecule has 25 heavy (non-hydrogen) atoms. The molecule has 2 aromatic rings. The van der Waals surface area contributed by atoms with Crippen molar-refractivity contribution in [2.45, 2.75) is 37.9 Å². The topological polar surface area (TPSA) is 53.7 Å². The van der Waals surface area contributed by atoms with Crippen LogP contribution >= 0.6 is 11.6 Å². The first-order chi connectivity index (χ1) is 12.2. The lowest BCUT2D eigenvalue weighted by Crippen LogP contribution is -2.36. The summed E-state index contributed by atoms with van der Waals surface area (Å²) in [4.78, 5) is 4.67. The molecule has 1 aromatic heterocycles. The quantitative estimate of drug-likeness (QED) is 0.823. The maximum absolute atomic E-state index is 6.37. The first kappa shape index (κ1) is 15.7. The predicted molar refractivity (Wildman–Crippen MR) is 91.8 cm³/mol. The molecule has 0 amide bonds. The number of aromatic nitrogens is 1. The predicted octanol–water partition coefficient (Wildman–Crippen LogP) is 4.02. The standard InChI is InChI=1S/C19H20ClNO4/c20-14-9-13(3-4-16(14)22-11-12-1-2-12)18-21-15-10-19(23-7-8-24-19)6-5-17(15)25-18/h3-4,9,12H,1-2,5-8,10-11H2. The van der Waals surface area contributed by atoms with E-state index in [1.165, 1.54) is 12.8 Å². The van der Waals surface area contributed by atoms with E-state index in [2.05, 4.69) is 4.98 Å². The van der Waals surface area contributed by atoms with E-state index in [1.807, 2.05) is 18.2 Å². The second-order valence-electron chi connectivity index (χ2n) is 7.07. The van der Waals surface area contributed by atoms with Gasteiger partial charge >= 0.3 is 0 Å². The summed E-state index contributed by atoms with van der Waals surface area (Å²) in [6.07, 6.45) is 4.74. The molecule has 6 heteroatoms. The summed E-state index contributed by atoms with van der Waals surface area (Å²) in [5, 5.41) is 0.591. The number of aryl methyl sites for hydroxylation is 1. The molecule has 1 aromatic carbocycles. The minimum absolute atomic E-state index is 0.501. The number of ether oxygens (including phenoxy) is 3. The van der Waals surface area contributed by atoms with Crippen molar-refractivity contribution in [2.24, 2.45) is 5.92 Å². The van der Waals surface area contributed by atoms with Gasteiger partial charge in [0.1, 0.15) is 11.5 Å². The van der Waals surface area contributed by atoms with Crippen LogP contribution in [0.25, 0.3) is 11.5 Å². The van der Waals surface area contributed by atoms with Gasteiger partial charge in [0.25, 0.3) is 0 Å². The van der Waals surface area contributed by atoms with Crippen LogP contribution < -0.4 is 4.74 Å². The fourth-order valence-corrected chi connectivity index (χ4v) is 3.71. The molecule has 0 N–H and O–H groups in total. The van der Waals surface area contributed by atoms with Crippen molar-refractivity contribution in [1.82, 2.24) is 4.98 Å². The van der Waals surface area contributed by atoms with E-state index >= 15 is 0 Å². The van der Waals surface area contributed by atoms with Gasteiger partial charge in [0, 0.05) is 24.8 Å². The number of fused-ring (bicyclic) bond motifs is 1. The lowest BCUT2D eigenvalue weighted by Gasteiger charge is -2.29. The van der Waals surface area contributed by atoms with Crippen LogP contribution in [0.5, 0.6) is 5.75 Å². The van der Waals surface area contributed by atoms with Crippen molar-refractivity contribution in [3.63, 3.8) is 0 Å². The Labute approximate surface area is 151 Å². The average Bonchev–Trinajstić information content (AvgIpc) is 3.18. The number of benzene rings is 1. The molecule has 2 fully saturated rings. The van der Waals surface area contributed by atoms with Crippen molar-refractivity contribution in [3.05, 3.63) is 34.7 Å². The van der Waals surface area contributed by atoms with Gasteiger partial charge < -0.3 is 18.6 Å². The third-order valence-corrected chi connectivity index (χ3v) is 5.41. The van der Waals surface area contributed by atoms with E-state index < -0.39 is 5.79 Å². The molecule has 0 bridgehead atoms. The van der Waals surface area contributed by atoms with Crippen LogP contribution in [0.4, 0.5) is 0 Å². The van der Waals surface area contributed by atoms with Crippen molar-refractivity contribution in [1.29, 1.82) is 0 Å². The van der Waals surface area contributed by atoms with Crippen molar-refractivity contribution < 1.29 is 18.6 Å². The number of oxazole rings is 1. The average molecular weight is 362 g/mol. The van der Waals surface area contributed by atoms with Gasteiger partial charge in [-0.25, -0.2) is 4.98 Å². The molecule has 1 saturated heterocycles. The van der Waals surface area contributed by atoms with E-state index in [9.17, 15) is 0 Å². The number of rotatable bonds is 4. The van der Waals surface area contributed by atoms with E-state index in [0.29, 0.717) is 36.5 Å². The third kappa shape index (κ3) is 3.05. The highest BCUT2D eigenvalue weighted by Gasteiger charge is 2.42. The van der Waals surface area contributed by atoms with Gasteiger partial charge in [-0.05, 0) is 37.0 Å². The van der Waals surface area contributed by atoms with Gasteiger partial charge in [0.15, 0.2) is 5.79 Å². The molecular formula is C19H20ClNO4. The van der Waals surface area contributed by atoms with Crippen LogP contribution in [0.1, 0.15) is 30.7 Å². The van der Waals surface area contributed by atoms with Gasteiger partial charge in [-0.15, -0.1) is 0 Å². The van der Waals surface area contributed by atoms with Gasteiger partial charge in [0.2, 0.25) is 5.89 Å². The summed E-state index contributed by atoms with van der Waals surface area (Å²) < 4.78 is 23.4. The monoisotopic (exact) mass is 361 g/mol. The number of nitrogens with zero attached hydrogens (tertiary/aromatic N) is 1. The normalized spacial score (nSPS) is 21.5. The Hall–Kier alpha value is -1.56. The zero-order valence-corrected chi connectivity index (χ0v) is 14.7. The summed E-state index contributed by atoms with van der Waals surface area (Å²) in [6, 6.07) is 5.71. The maximum atomic E-state index is 6.37. The molecule has 5 nitrogen and oxygen atoms in total. The molecular weight excluding hydrogens is 342 g/mol. The molecule has 132 valence electrons. The first-order valence-electron chi connectivity index (χ1n) is 8.90. The van der Waals surface area contributed by atoms with Gasteiger partial charge in [-0.3, -0.25) is 0 Å². The zero-order chi connectivity index (χ0) is 16.9. The molecule has 0 atom stereocenters. The van der Waals surface area contributed by atoms with Crippen LogP contribution in [0.3, 0.4) is 0 Å². The van der Waals surface area contributed by atoms with Crippen molar-refractivity contribution in [3.8, 4) is 17.2 Å². The summed E-state index contributed by atoms with van der Waals surface area (Å²) in [5.41, 5.74) is 1.79. The highest BCUT2D eigenvalue weighted by molar-refractivity contribution is 6.32. The van der Waals surface area contributed by atoms with Crippen molar-refractivity contribution in [2.75, 3.05) is 19.8 Å². The van der Waals surface area contributed by atoms with Gasteiger partial charge in [-0.2, -0.15) is 0 Å². The van der Waals surface area contributed by atoms with Crippen LogP contribution in [0, 0.1) is 5.92 Å². The van der Waals surface area contributed by atoms with Crippen LogP contribution in [-0.2, 0) is 22.3 Å². The highest BCUT2D eigenvalue weighted by Crippen LogP contribution is 2.38. The second-order valence-corrected chi connectivity index (χ2v) is 7.48. The molecule has 5 rings (SSSR count). The fourth-order valence-electron chi connectivity index (χ4n) is 3.47. The number of hydrogen-bond donors (Lipinski definition) is 0. The third-order valence-electron chi connectivity index (χ3n) is 5.11. The van der Waals surface area contributed by atoms with E-state index in [1.54, 1.807) is 0 Å². The molecule has 3 aliphatic rings. The Morgan fingerprint density at radius 1 is 1.24 bits per heavy atom. The summed E-state index contributed by atoms with van der Waals surface area (Å²) in [7, 11) is 0. The molecule has 1 spiro atoms.